The molecule has 4 nitrogen and oxygen atoms in total. The maximum atomic E-state index is 11.9. The first-order valence-electron chi connectivity index (χ1n) is 4.06. The number of carbonyl (C=O) groups excluding carboxylic acids is 1. The topological polar surface area (TPSA) is 56.0 Å². The van der Waals surface area contributed by atoms with Gasteiger partial charge in [0, 0.05) is 0 Å². The lowest BCUT2D eigenvalue weighted by atomic mass is 10.1. The van der Waals surface area contributed by atoms with E-state index < -0.39 is 0 Å². The maximum Gasteiger partial charge on any atom is 0.209 e. The zero-order chi connectivity index (χ0) is 10.1. The summed E-state index contributed by atoms with van der Waals surface area (Å²) in [5.74, 6) is -0.0660. The minimum atomic E-state index is -0.0660. The van der Waals surface area contributed by atoms with Crippen molar-refractivity contribution in [1.82, 2.24) is 9.59 Å². The molecule has 2 aromatic rings. The Hall–Kier alpha value is -1.49. The average molecular weight is 208 g/mol. The van der Waals surface area contributed by atoms with Gasteiger partial charge in [0.25, 0.3) is 0 Å². The van der Waals surface area contributed by atoms with Crippen LogP contribution in [0.3, 0.4) is 0 Å². The van der Waals surface area contributed by atoms with E-state index >= 15 is 0 Å². The Labute approximate surface area is 84.7 Å². The third kappa shape index (κ3) is 1.35. The van der Waals surface area contributed by atoms with Crippen molar-refractivity contribution in [2.24, 2.45) is 0 Å². The summed E-state index contributed by atoms with van der Waals surface area (Å²) in [6, 6.07) is 0. The number of hydrogen-bond acceptors (Lipinski definition) is 5. The van der Waals surface area contributed by atoms with Gasteiger partial charge in [0.05, 0.1) is 17.5 Å². The van der Waals surface area contributed by atoms with Crippen LogP contribution >= 0.6 is 11.5 Å². The molecule has 5 heteroatoms. The van der Waals surface area contributed by atoms with Crippen LogP contribution in [0.25, 0.3) is 0 Å². The summed E-state index contributed by atoms with van der Waals surface area (Å²) in [4.78, 5) is 12.5. The van der Waals surface area contributed by atoms with Crippen LogP contribution in [-0.2, 0) is 0 Å². The van der Waals surface area contributed by atoms with Gasteiger partial charge in [0.1, 0.15) is 11.1 Å². The Kier molecular flexibility index (Phi) is 2.17. The molecule has 0 bridgehead atoms. The highest BCUT2D eigenvalue weighted by Crippen LogP contribution is 2.18. The van der Waals surface area contributed by atoms with Crippen LogP contribution in [0, 0.1) is 13.8 Å². The van der Waals surface area contributed by atoms with Crippen molar-refractivity contribution in [3.05, 3.63) is 34.2 Å². The number of aryl methyl sites for hydroxylation is 2. The predicted molar refractivity (Wildman–Crippen MR) is 51.5 cm³/mol. The van der Waals surface area contributed by atoms with Gasteiger partial charge in [-0.05, 0) is 30.9 Å². The summed E-state index contributed by atoms with van der Waals surface area (Å²) in [6.45, 7) is 3.60. The van der Waals surface area contributed by atoms with Crippen LogP contribution in [0.15, 0.2) is 16.9 Å². The Morgan fingerprint density at radius 3 is 2.71 bits per heavy atom. The Morgan fingerprint density at radius 1 is 1.43 bits per heavy atom. The van der Waals surface area contributed by atoms with Gasteiger partial charge in [-0.15, -0.1) is 5.10 Å². The molecule has 0 unspecified atom stereocenters. The fourth-order valence-electron chi connectivity index (χ4n) is 1.16. The van der Waals surface area contributed by atoms with E-state index in [1.54, 1.807) is 13.2 Å². The van der Waals surface area contributed by atoms with Crippen molar-refractivity contribution in [3.63, 3.8) is 0 Å². The number of furan rings is 1. The Balaban J connectivity index is 2.44. The van der Waals surface area contributed by atoms with Crippen molar-refractivity contribution in [3.8, 4) is 0 Å². The monoisotopic (exact) mass is 208 g/mol. The van der Waals surface area contributed by atoms with Gasteiger partial charge in [-0.25, -0.2) is 0 Å². The summed E-state index contributed by atoms with van der Waals surface area (Å²) in [6.07, 6.45) is 3.01. The highest BCUT2D eigenvalue weighted by atomic mass is 32.1. The lowest BCUT2D eigenvalue weighted by Crippen LogP contribution is -2.00. The standard InChI is InChI=1S/C9H8N2O2S/c1-5-3-13-4-7(5)8(12)9-6(2)10-11-14-9/h3-4H,1-2H3. The van der Waals surface area contributed by atoms with E-state index in [4.69, 9.17) is 4.42 Å². The van der Waals surface area contributed by atoms with Gasteiger partial charge in [-0.3, -0.25) is 4.79 Å². The minimum absolute atomic E-state index is 0.0660. The van der Waals surface area contributed by atoms with Gasteiger partial charge in [0.2, 0.25) is 5.78 Å². The second-order valence-corrected chi connectivity index (χ2v) is 3.74. The summed E-state index contributed by atoms with van der Waals surface area (Å²) in [5.41, 5.74) is 2.09. The lowest BCUT2D eigenvalue weighted by molar-refractivity contribution is 0.104. The quantitative estimate of drug-likeness (QED) is 0.708. The fraction of sp³-hybridized carbons (Fsp3) is 0.222. The molecule has 72 valence electrons. The van der Waals surface area contributed by atoms with E-state index in [-0.39, 0.29) is 5.78 Å². The molecule has 0 saturated carbocycles. The van der Waals surface area contributed by atoms with Gasteiger partial charge in [-0.1, -0.05) is 4.49 Å². The molecule has 14 heavy (non-hydrogen) atoms. The van der Waals surface area contributed by atoms with E-state index in [0.717, 1.165) is 17.1 Å². The van der Waals surface area contributed by atoms with E-state index in [1.807, 2.05) is 6.92 Å². The second kappa shape index (κ2) is 3.34. The molecule has 0 spiro atoms. The molecule has 2 aromatic heterocycles. The van der Waals surface area contributed by atoms with Crippen LogP contribution in [0.2, 0.25) is 0 Å². The molecular formula is C9H8N2O2S. The molecule has 2 rings (SSSR count). The highest BCUT2D eigenvalue weighted by Gasteiger charge is 2.18. The number of nitrogens with zero attached hydrogens (tertiary/aromatic N) is 2. The summed E-state index contributed by atoms with van der Waals surface area (Å²) >= 11 is 1.11. The number of carbonyl (C=O) groups is 1. The summed E-state index contributed by atoms with van der Waals surface area (Å²) in [5, 5.41) is 3.79. The molecule has 0 fully saturated rings. The third-order valence-corrected chi connectivity index (χ3v) is 2.78. The molecular weight excluding hydrogens is 200 g/mol. The van der Waals surface area contributed by atoms with E-state index in [2.05, 4.69) is 9.59 Å². The van der Waals surface area contributed by atoms with Crippen molar-refractivity contribution in [1.29, 1.82) is 0 Å². The molecule has 2 heterocycles. The molecule has 0 aliphatic rings. The number of rotatable bonds is 2. The first-order valence-corrected chi connectivity index (χ1v) is 4.84. The number of ketones is 1. The van der Waals surface area contributed by atoms with Crippen LogP contribution in [-0.4, -0.2) is 15.4 Å². The van der Waals surface area contributed by atoms with Crippen LogP contribution in [0.1, 0.15) is 26.5 Å². The van der Waals surface area contributed by atoms with Crippen molar-refractivity contribution in [2.75, 3.05) is 0 Å². The second-order valence-electron chi connectivity index (χ2n) is 2.99. The average Bonchev–Trinajstić information content (AvgIpc) is 2.73. The van der Waals surface area contributed by atoms with E-state index in [9.17, 15) is 4.79 Å². The Morgan fingerprint density at radius 2 is 2.21 bits per heavy atom. The van der Waals surface area contributed by atoms with E-state index in [1.165, 1.54) is 6.26 Å². The molecule has 0 saturated heterocycles. The normalized spacial score (nSPS) is 10.4. The lowest BCUT2D eigenvalue weighted by Gasteiger charge is -1.94. The molecule has 0 atom stereocenters. The first kappa shape index (κ1) is 9.08. The highest BCUT2D eigenvalue weighted by molar-refractivity contribution is 7.08. The zero-order valence-electron chi connectivity index (χ0n) is 7.77. The number of hydrogen-bond donors (Lipinski definition) is 0. The third-order valence-electron chi connectivity index (χ3n) is 1.96. The van der Waals surface area contributed by atoms with Crippen molar-refractivity contribution >= 4 is 17.3 Å². The smallest absolute Gasteiger partial charge is 0.209 e. The summed E-state index contributed by atoms with van der Waals surface area (Å²) in [7, 11) is 0. The minimum Gasteiger partial charge on any atom is -0.472 e. The van der Waals surface area contributed by atoms with Crippen LogP contribution < -0.4 is 0 Å². The molecule has 0 N–H and O–H groups in total. The molecule has 0 aliphatic heterocycles. The van der Waals surface area contributed by atoms with Gasteiger partial charge in [0.15, 0.2) is 0 Å². The zero-order valence-corrected chi connectivity index (χ0v) is 8.59. The van der Waals surface area contributed by atoms with E-state index in [0.29, 0.717) is 16.1 Å². The van der Waals surface area contributed by atoms with Gasteiger partial charge >= 0.3 is 0 Å². The van der Waals surface area contributed by atoms with Crippen molar-refractivity contribution in [2.45, 2.75) is 13.8 Å². The van der Waals surface area contributed by atoms with Crippen molar-refractivity contribution < 1.29 is 9.21 Å². The van der Waals surface area contributed by atoms with Gasteiger partial charge < -0.3 is 4.42 Å². The fourth-order valence-corrected chi connectivity index (χ4v) is 1.77. The number of aromatic nitrogens is 2. The largest absolute Gasteiger partial charge is 0.472 e. The summed E-state index contributed by atoms with van der Waals surface area (Å²) < 4.78 is 8.67. The molecule has 0 aliphatic carbocycles. The first-order chi connectivity index (χ1) is 6.70. The van der Waals surface area contributed by atoms with Gasteiger partial charge in [-0.2, -0.15) is 0 Å². The molecule has 0 amide bonds. The van der Waals surface area contributed by atoms with Crippen LogP contribution in [0.5, 0.6) is 0 Å². The SMILES string of the molecule is Cc1cocc1C(=O)c1snnc1C. The maximum absolute atomic E-state index is 11.9. The molecule has 0 aromatic carbocycles. The Bertz CT molecular complexity index is 430. The molecule has 0 radical (unpaired) electrons. The van der Waals surface area contributed by atoms with Crippen LogP contribution in [0.4, 0.5) is 0 Å². The predicted octanol–water partition coefficient (Wildman–Crippen LogP) is 1.98.